The molecule has 1 rings (SSSR count). The predicted octanol–water partition coefficient (Wildman–Crippen LogP) is 1.58. The Morgan fingerprint density at radius 3 is 2.69 bits per heavy atom. The highest BCUT2D eigenvalue weighted by atomic mass is 16.4. The molecule has 0 radical (unpaired) electrons. The zero-order chi connectivity index (χ0) is 10.1. The van der Waals surface area contributed by atoms with Gasteiger partial charge in [-0.25, -0.2) is 0 Å². The number of piperidine rings is 1. The van der Waals surface area contributed by atoms with Crippen molar-refractivity contribution in [3.8, 4) is 0 Å². The third-order valence-electron chi connectivity index (χ3n) is 3.27. The smallest absolute Gasteiger partial charge is 0.308 e. The van der Waals surface area contributed by atoms with Crippen LogP contribution < -0.4 is 0 Å². The number of rotatable bonds is 2. The van der Waals surface area contributed by atoms with Crippen LogP contribution in [0.1, 0.15) is 33.6 Å². The molecule has 0 amide bonds. The molecule has 1 fully saturated rings. The van der Waals surface area contributed by atoms with Crippen LogP contribution in [0.3, 0.4) is 0 Å². The number of hydrogen-bond acceptors (Lipinski definition) is 2. The van der Waals surface area contributed by atoms with Crippen LogP contribution in [0.4, 0.5) is 0 Å². The molecule has 0 saturated carbocycles. The fourth-order valence-electron chi connectivity index (χ4n) is 2.34. The first-order chi connectivity index (χ1) is 6.00. The molecule has 0 aromatic carbocycles. The number of nitrogens with zero attached hydrogens (tertiary/aromatic N) is 1. The molecule has 1 aliphatic heterocycles. The van der Waals surface area contributed by atoms with E-state index in [1.807, 2.05) is 13.8 Å². The Labute approximate surface area is 79.7 Å². The summed E-state index contributed by atoms with van der Waals surface area (Å²) < 4.78 is 0. The van der Waals surface area contributed by atoms with Gasteiger partial charge in [0.2, 0.25) is 0 Å². The molecule has 1 atom stereocenters. The maximum atomic E-state index is 11.0. The lowest BCUT2D eigenvalue weighted by Gasteiger charge is -2.45. The van der Waals surface area contributed by atoms with Gasteiger partial charge >= 0.3 is 5.97 Å². The molecular weight excluding hydrogens is 166 g/mol. The molecule has 0 spiro atoms. The summed E-state index contributed by atoms with van der Waals surface area (Å²) >= 11 is 0. The van der Waals surface area contributed by atoms with Crippen LogP contribution in [0.15, 0.2) is 0 Å². The highest BCUT2D eigenvalue weighted by Crippen LogP contribution is 2.32. The highest BCUT2D eigenvalue weighted by Gasteiger charge is 2.41. The first-order valence-corrected chi connectivity index (χ1v) is 4.98. The van der Waals surface area contributed by atoms with E-state index >= 15 is 0 Å². The standard InChI is InChI=1S/C10H19NO2/c1-4-11-7-5-6-8(9(12)13)10(11,2)3/h8H,4-7H2,1-3H3,(H,12,13). The molecular formula is C10H19NO2. The Balaban J connectivity index is 2.80. The summed E-state index contributed by atoms with van der Waals surface area (Å²) in [6.45, 7) is 8.14. The van der Waals surface area contributed by atoms with Gasteiger partial charge in [-0.05, 0) is 39.8 Å². The second-order valence-electron chi connectivity index (χ2n) is 4.27. The summed E-state index contributed by atoms with van der Waals surface area (Å²) in [5.74, 6) is -0.857. The first-order valence-electron chi connectivity index (χ1n) is 4.98. The molecule has 0 aromatic heterocycles. The van der Waals surface area contributed by atoms with E-state index in [1.54, 1.807) is 0 Å². The molecule has 13 heavy (non-hydrogen) atoms. The average molecular weight is 185 g/mol. The molecule has 3 heteroatoms. The van der Waals surface area contributed by atoms with Crippen LogP contribution in [0, 0.1) is 5.92 Å². The largest absolute Gasteiger partial charge is 0.481 e. The third-order valence-corrected chi connectivity index (χ3v) is 3.27. The number of carbonyl (C=O) groups is 1. The van der Waals surface area contributed by atoms with E-state index in [0.29, 0.717) is 0 Å². The molecule has 1 saturated heterocycles. The Morgan fingerprint density at radius 2 is 2.23 bits per heavy atom. The quantitative estimate of drug-likeness (QED) is 0.710. The van der Waals surface area contributed by atoms with E-state index in [1.165, 1.54) is 0 Å². The lowest BCUT2D eigenvalue weighted by atomic mass is 9.79. The van der Waals surface area contributed by atoms with Crippen LogP contribution >= 0.6 is 0 Å². The normalized spacial score (nSPS) is 28.7. The zero-order valence-electron chi connectivity index (χ0n) is 8.71. The van der Waals surface area contributed by atoms with Gasteiger partial charge in [0.1, 0.15) is 0 Å². The van der Waals surface area contributed by atoms with E-state index < -0.39 is 5.97 Å². The monoisotopic (exact) mass is 185 g/mol. The Morgan fingerprint density at radius 1 is 1.62 bits per heavy atom. The number of carboxylic acid groups (broad SMARTS) is 1. The number of likely N-dealkylation sites (tertiary alicyclic amines) is 1. The van der Waals surface area contributed by atoms with Gasteiger partial charge < -0.3 is 5.11 Å². The highest BCUT2D eigenvalue weighted by molar-refractivity contribution is 5.71. The molecule has 3 nitrogen and oxygen atoms in total. The Bertz CT molecular complexity index is 201. The van der Waals surface area contributed by atoms with Gasteiger partial charge in [-0.1, -0.05) is 6.92 Å². The fourth-order valence-corrected chi connectivity index (χ4v) is 2.34. The zero-order valence-corrected chi connectivity index (χ0v) is 8.71. The van der Waals surface area contributed by atoms with E-state index in [4.69, 9.17) is 5.11 Å². The Hall–Kier alpha value is -0.570. The second kappa shape index (κ2) is 3.66. The van der Waals surface area contributed by atoms with Gasteiger partial charge in [0, 0.05) is 5.54 Å². The van der Waals surface area contributed by atoms with Crippen molar-refractivity contribution >= 4 is 5.97 Å². The summed E-state index contributed by atoms with van der Waals surface area (Å²) in [5.41, 5.74) is -0.182. The predicted molar refractivity (Wildman–Crippen MR) is 51.7 cm³/mol. The number of aliphatic carboxylic acids is 1. The van der Waals surface area contributed by atoms with Crippen molar-refractivity contribution in [2.45, 2.75) is 39.2 Å². The summed E-state index contributed by atoms with van der Waals surface area (Å²) in [7, 11) is 0. The lowest BCUT2D eigenvalue weighted by Crippen LogP contribution is -2.55. The first kappa shape index (κ1) is 10.5. The minimum Gasteiger partial charge on any atom is -0.481 e. The van der Waals surface area contributed by atoms with Gasteiger partial charge in [-0.2, -0.15) is 0 Å². The molecule has 0 aliphatic carbocycles. The van der Waals surface area contributed by atoms with Crippen molar-refractivity contribution in [3.63, 3.8) is 0 Å². The van der Waals surface area contributed by atoms with Crippen LogP contribution in [0.5, 0.6) is 0 Å². The minimum absolute atomic E-state index is 0.182. The summed E-state index contributed by atoms with van der Waals surface area (Å²) in [6.07, 6.45) is 1.83. The molecule has 76 valence electrons. The van der Waals surface area contributed by atoms with Gasteiger partial charge in [0.05, 0.1) is 5.92 Å². The van der Waals surface area contributed by atoms with Gasteiger partial charge in [0.15, 0.2) is 0 Å². The van der Waals surface area contributed by atoms with Crippen molar-refractivity contribution in [2.24, 2.45) is 5.92 Å². The van der Waals surface area contributed by atoms with Gasteiger partial charge in [-0.3, -0.25) is 9.69 Å². The van der Waals surface area contributed by atoms with Gasteiger partial charge in [-0.15, -0.1) is 0 Å². The number of carboxylic acids is 1. The molecule has 1 unspecified atom stereocenters. The van der Waals surface area contributed by atoms with Crippen LogP contribution in [0.25, 0.3) is 0 Å². The van der Waals surface area contributed by atoms with Crippen LogP contribution in [-0.4, -0.2) is 34.6 Å². The Kier molecular flexibility index (Phi) is 2.96. The van der Waals surface area contributed by atoms with E-state index in [2.05, 4.69) is 11.8 Å². The average Bonchev–Trinajstić information content (AvgIpc) is 2.02. The lowest BCUT2D eigenvalue weighted by molar-refractivity contribution is -0.149. The SMILES string of the molecule is CCN1CCCC(C(=O)O)C1(C)C. The molecule has 1 N–H and O–H groups in total. The van der Waals surface area contributed by atoms with Crippen molar-refractivity contribution < 1.29 is 9.90 Å². The maximum absolute atomic E-state index is 11.0. The van der Waals surface area contributed by atoms with E-state index in [0.717, 1.165) is 25.9 Å². The molecule has 1 aliphatic rings. The van der Waals surface area contributed by atoms with Gasteiger partial charge in [0.25, 0.3) is 0 Å². The van der Waals surface area contributed by atoms with Crippen molar-refractivity contribution in [3.05, 3.63) is 0 Å². The summed E-state index contributed by atoms with van der Waals surface area (Å²) in [5, 5.41) is 9.06. The maximum Gasteiger partial charge on any atom is 0.308 e. The van der Waals surface area contributed by atoms with Crippen LogP contribution in [-0.2, 0) is 4.79 Å². The molecule has 0 aromatic rings. The molecule has 1 heterocycles. The van der Waals surface area contributed by atoms with E-state index in [9.17, 15) is 4.79 Å². The van der Waals surface area contributed by atoms with Crippen molar-refractivity contribution in [1.82, 2.24) is 4.90 Å². The van der Waals surface area contributed by atoms with Crippen LogP contribution in [0.2, 0.25) is 0 Å². The third kappa shape index (κ3) is 1.85. The topological polar surface area (TPSA) is 40.5 Å². The minimum atomic E-state index is -0.650. The summed E-state index contributed by atoms with van der Waals surface area (Å²) in [4.78, 5) is 13.3. The van der Waals surface area contributed by atoms with Crippen molar-refractivity contribution in [2.75, 3.05) is 13.1 Å². The van der Waals surface area contributed by atoms with Crippen molar-refractivity contribution in [1.29, 1.82) is 0 Å². The number of hydrogen-bond donors (Lipinski definition) is 1. The van der Waals surface area contributed by atoms with E-state index in [-0.39, 0.29) is 11.5 Å². The fraction of sp³-hybridized carbons (Fsp3) is 0.900. The summed E-state index contributed by atoms with van der Waals surface area (Å²) in [6, 6.07) is 0. The second-order valence-corrected chi connectivity index (χ2v) is 4.27. The molecule has 0 bridgehead atoms.